The quantitative estimate of drug-likeness (QED) is 0.161. The zero-order chi connectivity index (χ0) is 29.8. The molecule has 1 amide bonds. The molecule has 41 heavy (non-hydrogen) atoms. The molecule has 218 valence electrons. The van der Waals surface area contributed by atoms with Crippen molar-refractivity contribution in [3.63, 3.8) is 0 Å². The summed E-state index contributed by atoms with van der Waals surface area (Å²) < 4.78 is 16.9. The van der Waals surface area contributed by atoms with E-state index < -0.39 is 11.6 Å². The van der Waals surface area contributed by atoms with Gasteiger partial charge in [0.05, 0.1) is 6.61 Å². The number of nitrogens with zero attached hydrogens (tertiary/aromatic N) is 1. The van der Waals surface area contributed by atoms with E-state index in [0.29, 0.717) is 37.6 Å². The van der Waals surface area contributed by atoms with Gasteiger partial charge in [0.2, 0.25) is 0 Å². The number of allylic oxidation sites excluding steroid dienone is 1. The molecule has 0 spiro atoms. The first kappa shape index (κ1) is 31.2. The minimum atomic E-state index is -1.11. The number of nitrogens with one attached hydrogen (secondary N) is 2. The van der Waals surface area contributed by atoms with Crippen molar-refractivity contribution in [2.75, 3.05) is 20.7 Å². The van der Waals surface area contributed by atoms with Crippen LogP contribution in [0.3, 0.4) is 0 Å². The van der Waals surface area contributed by atoms with Gasteiger partial charge < -0.3 is 24.5 Å². The van der Waals surface area contributed by atoms with Crippen molar-refractivity contribution in [2.45, 2.75) is 52.9 Å². The molecule has 3 aromatic rings. The van der Waals surface area contributed by atoms with E-state index in [2.05, 4.69) is 10.7 Å². The highest BCUT2D eigenvalue weighted by Gasteiger charge is 2.32. The molecule has 0 saturated carbocycles. The van der Waals surface area contributed by atoms with Crippen LogP contribution in [0.15, 0.2) is 84.6 Å². The Morgan fingerprint density at radius 1 is 0.951 bits per heavy atom. The van der Waals surface area contributed by atoms with Crippen LogP contribution in [0.2, 0.25) is 0 Å². The summed E-state index contributed by atoms with van der Waals surface area (Å²) in [7, 11) is 3.56. The van der Waals surface area contributed by atoms with Crippen molar-refractivity contribution in [1.82, 2.24) is 15.8 Å². The fourth-order valence-electron chi connectivity index (χ4n) is 4.01. The van der Waals surface area contributed by atoms with Gasteiger partial charge >= 0.3 is 5.97 Å². The normalized spacial score (nSPS) is 11.5. The number of carbonyl (C=O) groups is 2. The average molecular weight is 560 g/mol. The smallest absolute Gasteiger partial charge is 0.349 e. The third-order valence-corrected chi connectivity index (χ3v) is 6.46. The van der Waals surface area contributed by atoms with Gasteiger partial charge in [-0.25, -0.2) is 10.2 Å². The summed E-state index contributed by atoms with van der Waals surface area (Å²) in [5.74, 6) is 0.760. The summed E-state index contributed by atoms with van der Waals surface area (Å²) in [5.41, 5.74) is 6.34. The van der Waals surface area contributed by atoms with Gasteiger partial charge in [-0.05, 0) is 80.6 Å². The lowest BCUT2D eigenvalue weighted by atomic mass is 10.1. The van der Waals surface area contributed by atoms with E-state index in [1.807, 2.05) is 85.8 Å². The van der Waals surface area contributed by atoms with Crippen LogP contribution in [0.1, 0.15) is 43.0 Å². The lowest BCUT2D eigenvalue weighted by molar-refractivity contribution is -0.158. The fourth-order valence-corrected chi connectivity index (χ4v) is 4.01. The van der Waals surface area contributed by atoms with Crippen LogP contribution in [0.4, 0.5) is 0 Å². The second-order valence-corrected chi connectivity index (χ2v) is 10.1. The van der Waals surface area contributed by atoms with E-state index in [0.717, 1.165) is 28.0 Å². The Kier molecular flexibility index (Phi) is 11.4. The van der Waals surface area contributed by atoms with Crippen LogP contribution in [0.25, 0.3) is 0 Å². The number of esters is 1. The van der Waals surface area contributed by atoms with E-state index in [1.54, 1.807) is 39.9 Å². The molecule has 0 saturated heterocycles. The molecule has 2 N–H and O–H groups in total. The maximum atomic E-state index is 13.1. The van der Waals surface area contributed by atoms with Crippen LogP contribution >= 0.6 is 0 Å². The Morgan fingerprint density at radius 2 is 1.63 bits per heavy atom. The van der Waals surface area contributed by atoms with Crippen molar-refractivity contribution in [2.24, 2.45) is 0 Å². The highest BCUT2D eigenvalue weighted by atomic mass is 16.6. The maximum Gasteiger partial charge on any atom is 0.349 e. The Balaban J connectivity index is 1.59. The number of carbonyl (C=O) groups excluding carboxylic acids is 2. The molecule has 0 atom stereocenters. The van der Waals surface area contributed by atoms with Gasteiger partial charge in [-0.1, -0.05) is 54.6 Å². The number of aryl methyl sites for hydroxylation is 1. The lowest BCUT2D eigenvalue weighted by Gasteiger charge is -2.25. The molecule has 0 unspecified atom stereocenters. The Bertz CT molecular complexity index is 1320. The van der Waals surface area contributed by atoms with E-state index >= 15 is 0 Å². The molecule has 0 aliphatic heterocycles. The van der Waals surface area contributed by atoms with Crippen molar-refractivity contribution < 1.29 is 23.8 Å². The summed E-state index contributed by atoms with van der Waals surface area (Å²) in [5, 5.41) is 4.68. The van der Waals surface area contributed by atoms with Crippen LogP contribution in [-0.4, -0.2) is 43.2 Å². The molecule has 0 aliphatic carbocycles. The predicted octanol–water partition coefficient (Wildman–Crippen LogP) is 5.10. The summed E-state index contributed by atoms with van der Waals surface area (Å²) >= 11 is 0. The molecule has 0 bridgehead atoms. The fraction of sp³-hybridized carbons (Fsp3) is 0.333. The molecular weight excluding hydrogens is 518 g/mol. The molecule has 0 aromatic heterocycles. The number of amides is 1. The van der Waals surface area contributed by atoms with Gasteiger partial charge in [-0.2, -0.15) is 0 Å². The molecule has 3 rings (SSSR count). The second-order valence-electron chi connectivity index (χ2n) is 10.1. The molecule has 0 heterocycles. The van der Waals surface area contributed by atoms with E-state index in [9.17, 15) is 9.59 Å². The monoisotopic (exact) mass is 559 g/mol. The third-order valence-electron chi connectivity index (χ3n) is 6.46. The first-order valence-electron chi connectivity index (χ1n) is 13.7. The van der Waals surface area contributed by atoms with Gasteiger partial charge in [0.1, 0.15) is 23.8 Å². The van der Waals surface area contributed by atoms with Gasteiger partial charge in [0.15, 0.2) is 5.60 Å². The third kappa shape index (κ3) is 9.39. The number of benzene rings is 3. The van der Waals surface area contributed by atoms with Crippen molar-refractivity contribution in [3.8, 4) is 11.5 Å². The van der Waals surface area contributed by atoms with E-state index in [1.165, 1.54) is 0 Å². The molecular formula is C33H41N3O5. The number of hydrogen-bond donors (Lipinski definition) is 2. The van der Waals surface area contributed by atoms with Gasteiger partial charge in [0.25, 0.3) is 5.91 Å². The van der Waals surface area contributed by atoms with E-state index in [4.69, 9.17) is 14.2 Å². The second kappa shape index (κ2) is 14.9. The molecule has 0 fully saturated rings. The summed E-state index contributed by atoms with van der Waals surface area (Å²) in [4.78, 5) is 25.3. The van der Waals surface area contributed by atoms with Gasteiger partial charge in [0, 0.05) is 20.6 Å². The zero-order valence-electron chi connectivity index (χ0n) is 24.8. The number of likely N-dealkylation sites (N-methyl/N-ethyl adjacent to an activating group) is 1. The highest BCUT2D eigenvalue weighted by Crippen LogP contribution is 2.25. The number of ether oxygens (including phenoxy) is 3. The zero-order valence-corrected chi connectivity index (χ0v) is 24.8. The summed E-state index contributed by atoms with van der Waals surface area (Å²) in [6.07, 6.45) is 2.47. The highest BCUT2D eigenvalue weighted by molar-refractivity contribution is 5.92. The topological polar surface area (TPSA) is 89.1 Å². The van der Waals surface area contributed by atoms with Crippen molar-refractivity contribution in [3.05, 3.63) is 107 Å². The van der Waals surface area contributed by atoms with Crippen LogP contribution < -0.4 is 20.2 Å². The Hall–Kier alpha value is -4.30. The molecule has 0 radical (unpaired) electrons. The SMILES string of the molecule is CCOC(=O)C(C)(C)Oc1ccc(CNC(=O)/C(=C/Cc2ccc(OCc3ccccc3)cc2)N(C)NC)cc1C. The minimum absolute atomic E-state index is 0.203. The lowest BCUT2D eigenvalue weighted by Crippen LogP contribution is -2.40. The van der Waals surface area contributed by atoms with E-state index in [-0.39, 0.29) is 5.91 Å². The first-order chi connectivity index (χ1) is 19.6. The van der Waals surface area contributed by atoms with Gasteiger partial charge in [-0.3, -0.25) is 4.79 Å². The summed E-state index contributed by atoms with van der Waals surface area (Å²) in [6.45, 7) is 8.16. The minimum Gasteiger partial charge on any atom is -0.489 e. The molecule has 3 aromatic carbocycles. The Morgan fingerprint density at radius 3 is 2.27 bits per heavy atom. The van der Waals surface area contributed by atoms with Gasteiger partial charge in [-0.15, -0.1) is 0 Å². The standard InChI is InChI=1S/C33H41N3O5/c1-7-39-32(38)33(3,4)41-30-20-16-27(21-24(30)2)22-35-31(37)29(36(6)34-5)19-15-25-13-17-28(18-14-25)40-23-26-11-9-8-10-12-26/h8-14,16-21,34H,7,15,22-23H2,1-6H3,(H,35,37)/b29-19-. The Labute approximate surface area is 243 Å². The van der Waals surface area contributed by atoms with Crippen molar-refractivity contribution >= 4 is 11.9 Å². The van der Waals surface area contributed by atoms with Crippen LogP contribution in [-0.2, 0) is 33.9 Å². The van der Waals surface area contributed by atoms with Crippen molar-refractivity contribution in [1.29, 1.82) is 0 Å². The maximum absolute atomic E-state index is 13.1. The predicted molar refractivity (Wildman–Crippen MR) is 160 cm³/mol. The molecule has 8 nitrogen and oxygen atoms in total. The number of rotatable bonds is 14. The summed E-state index contributed by atoms with van der Waals surface area (Å²) in [6, 6.07) is 23.5. The number of hydrazine groups is 1. The average Bonchev–Trinajstić information content (AvgIpc) is 2.97. The number of hydrogen-bond acceptors (Lipinski definition) is 7. The van der Waals surface area contributed by atoms with Crippen LogP contribution in [0.5, 0.6) is 11.5 Å². The first-order valence-corrected chi connectivity index (χ1v) is 13.7. The largest absolute Gasteiger partial charge is 0.489 e. The molecule has 0 aliphatic rings. The molecule has 8 heteroatoms. The van der Waals surface area contributed by atoms with Crippen LogP contribution in [0, 0.1) is 6.92 Å².